The van der Waals surface area contributed by atoms with Crippen molar-refractivity contribution in [3.05, 3.63) is 69.5 Å². The van der Waals surface area contributed by atoms with Crippen LogP contribution in [0.1, 0.15) is 51.9 Å². The van der Waals surface area contributed by atoms with Gasteiger partial charge in [-0.1, -0.05) is 37.1 Å². The fraction of sp³-hybridized carbons (Fsp3) is 0.348. The lowest BCUT2D eigenvalue weighted by molar-refractivity contribution is -0.133. The highest BCUT2D eigenvalue weighted by Gasteiger charge is 2.25. The molecule has 2 aromatic carbocycles. The average Bonchev–Trinajstić information content (AvgIpc) is 2.74. The van der Waals surface area contributed by atoms with Crippen molar-refractivity contribution in [1.82, 2.24) is 14.5 Å². The highest BCUT2D eigenvalue weighted by molar-refractivity contribution is 6.30. The Kier molecular flexibility index (Phi) is 6.87. The van der Waals surface area contributed by atoms with Crippen molar-refractivity contribution in [1.29, 1.82) is 0 Å². The summed E-state index contributed by atoms with van der Waals surface area (Å²) in [5.74, 6) is -0.146. The molecular formula is C23H25ClFN3O2. The quantitative estimate of drug-likeness (QED) is 0.513. The Morgan fingerprint density at radius 3 is 2.63 bits per heavy atom. The van der Waals surface area contributed by atoms with Gasteiger partial charge in [0.25, 0.3) is 5.56 Å². The van der Waals surface area contributed by atoms with Crippen molar-refractivity contribution < 1.29 is 9.18 Å². The zero-order chi connectivity index (χ0) is 21.8. The molecule has 1 atom stereocenters. The van der Waals surface area contributed by atoms with Gasteiger partial charge < -0.3 is 4.90 Å². The van der Waals surface area contributed by atoms with Crippen LogP contribution in [0.2, 0.25) is 5.02 Å². The molecule has 3 rings (SSSR count). The van der Waals surface area contributed by atoms with E-state index in [1.165, 1.54) is 22.8 Å². The van der Waals surface area contributed by atoms with Crippen LogP contribution in [-0.2, 0) is 4.79 Å². The summed E-state index contributed by atoms with van der Waals surface area (Å²) < 4.78 is 15.2. The maximum absolute atomic E-state index is 13.7. The summed E-state index contributed by atoms with van der Waals surface area (Å²) in [6.07, 6.45) is 2.16. The van der Waals surface area contributed by atoms with E-state index in [0.29, 0.717) is 35.4 Å². The minimum Gasteiger partial charge on any atom is -0.333 e. The lowest BCUT2D eigenvalue weighted by atomic mass is 10.1. The number of aromatic nitrogens is 2. The first-order chi connectivity index (χ1) is 14.4. The van der Waals surface area contributed by atoms with E-state index >= 15 is 0 Å². The molecule has 0 N–H and O–H groups in total. The van der Waals surface area contributed by atoms with Gasteiger partial charge >= 0.3 is 0 Å². The molecule has 0 bridgehead atoms. The van der Waals surface area contributed by atoms with Crippen molar-refractivity contribution in [3.63, 3.8) is 0 Å². The molecule has 1 aromatic heterocycles. The van der Waals surface area contributed by atoms with Crippen LogP contribution in [0.4, 0.5) is 4.39 Å². The molecule has 1 amide bonds. The number of unbranched alkanes of at least 4 members (excludes halogenated alkanes) is 1. The molecule has 1 heterocycles. The molecule has 5 nitrogen and oxygen atoms in total. The summed E-state index contributed by atoms with van der Waals surface area (Å²) in [6, 6.07) is 10.7. The van der Waals surface area contributed by atoms with Crippen molar-refractivity contribution in [3.8, 4) is 5.69 Å². The number of para-hydroxylation sites is 1. The lowest BCUT2D eigenvalue weighted by Crippen LogP contribution is -2.37. The number of benzene rings is 2. The molecule has 30 heavy (non-hydrogen) atoms. The van der Waals surface area contributed by atoms with Gasteiger partial charge in [-0.15, -0.1) is 0 Å². The first-order valence-electron chi connectivity index (χ1n) is 10.2. The molecule has 0 saturated carbocycles. The third-order valence-corrected chi connectivity index (χ3v) is 5.50. The highest BCUT2D eigenvalue weighted by atomic mass is 35.5. The van der Waals surface area contributed by atoms with Crippen LogP contribution in [0.15, 0.2) is 47.3 Å². The minimum atomic E-state index is -0.568. The van der Waals surface area contributed by atoms with E-state index in [1.54, 1.807) is 23.1 Å². The van der Waals surface area contributed by atoms with Gasteiger partial charge in [0.05, 0.1) is 27.7 Å². The summed E-state index contributed by atoms with van der Waals surface area (Å²) in [7, 11) is 0. The number of carbonyl (C=O) groups excluding carboxylic acids is 1. The number of rotatable bonds is 7. The second-order valence-electron chi connectivity index (χ2n) is 7.19. The number of halogens is 2. The first-order valence-corrected chi connectivity index (χ1v) is 10.5. The number of nitrogens with zero attached hydrogens (tertiary/aromatic N) is 3. The Bertz CT molecular complexity index is 1130. The van der Waals surface area contributed by atoms with Crippen LogP contribution in [0, 0.1) is 5.82 Å². The van der Waals surface area contributed by atoms with Gasteiger partial charge in [0.2, 0.25) is 5.91 Å². The number of hydrogen-bond acceptors (Lipinski definition) is 3. The molecule has 158 valence electrons. The van der Waals surface area contributed by atoms with Gasteiger partial charge in [0, 0.05) is 13.0 Å². The second kappa shape index (κ2) is 9.39. The smallest absolute Gasteiger partial charge is 0.266 e. The van der Waals surface area contributed by atoms with E-state index in [9.17, 15) is 14.0 Å². The van der Waals surface area contributed by atoms with Crippen LogP contribution in [0.25, 0.3) is 16.6 Å². The second-order valence-corrected chi connectivity index (χ2v) is 7.59. The number of fused-ring (bicyclic) bond motifs is 1. The Hall–Kier alpha value is -2.73. The predicted molar refractivity (Wildman–Crippen MR) is 118 cm³/mol. The van der Waals surface area contributed by atoms with E-state index in [-0.39, 0.29) is 16.5 Å². The fourth-order valence-corrected chi connectivity index (χ4v) is 3.76. The topological polar surface area (TPSA) is 55.2 Å². The van der Waals surface area contributed by atoms with Gasteiger partial charge in [0.15, 0.2) is 0 Å². The van der Waals surface area contributed by atoms with Crippen LogP contribution in [0.3, 0.4) is 0 Å². The summed E-state index contributed by atoms with van der Waals surface area (Å²) >= 11 is 5.99. The van der Waals surface area contributed by atoms with Gasteiger partial charge in [0.1, 0.15) is 11.6 Å². The maximum atomic E-state index is 13.7. The van der Waals surface area contributed by atoms with E-state index < -0.39 is 11.9 Å². The molecule has 0 radical (unpaired) electrons. The monoisotopic (exact) mass is 429 g/mol. The molecule has 7 heteroatoms. The standard InChI is InChI=1S/C23H25ClFN3O2/c1-4-6-11-21(29)27(5-2)15(3)22-26-20-10-8-7-9-17(20)23(30)28(22)16-12-13-19(25)18(24)14-16/h7-10,12-15H,4-6,11H2,1-3H3. The first kappa shape index (κ1) is 22.0. The Morgan fingerprint density at radius 2 is 1.97 bits per heavy atom. The maximum Gasteiger partial charge on any atom is 0.266 e. The number of amides is 1. The third-order valence-electron chi connectivity index (χ3n) is 5.21. The minimum absolute atomic E-state index is 0.0120. The van der Waals surface area contributed by atoms with Crippen molar-refractivity contribution in [2.24, 2.45) is 0 Å². The number of hydrogen-bond donors (Lipinski definition) is 0. The van der Waals surface area contributed by atoms with E-state index in [4.69, 9.17) is 16.6 Å². The lowest BCUT2D eigenvalue weighted by Gasteiger charge is -2.29. The van der Waals surface area contributed by atoms with Crippen LogP contribution < -0.4 is 5.56 Å². The van der Waals surface area contributed by atoms with Gasteiger partial charge in [-0.2, -0.15) is 0 Å². The van der Waals surface area contributed by atoms with Crippen molar-refractivity contribution in [2.45, 2.75) is 46.1 Å². The number of carbonyl (C=O) groups is 1. The van der Waals surface area contributed by atoms with E-state index in [1.807, 2.05) is 26.8 Å². The summed E-state index contributed by atoms with van der Waals surface area (Å²) in [5.41, 5.74) is 0.664. The summed E-state index contributed by atoms with van der Waals surface area (Å²) in [6.45, 7) is 6.27. The Labute approximate surface area is 180 Å². The van der Waals surface area contributed by atoms with Crippen LogP contribution in [0.5, 0.6) is 0 Å². The summed E-state index contributed by atoms with van der Waals surface area (Å²) in [4.78, 5) is 32.6. The molecular weight excluding hydrogens is 405 g/mol. The molecule has 0 aliphatic carbocycles. The fourth-order valence-electron chi connectivity index (χ4n) is 3.58. The van der Waals surface area contributed by atoms with Crippen LogP contribution >= 0.6 is 11.6 Å². The Balaban J connectivity index is 2.22. The van der Waals surface area contributed by atoms with Crippen molar-refractivity contribution in [2.75, 3.05) is 6.54 Å². The SMILES string of the molecule is CCCCC(=O)N(CC)C(C)c1nc2ccccc2c(=O)n1-c1ccc(F)c(Cl)c1. The van der Waals surface area contributed by atoms with E-state index in [2.05, 4.69) is 0 Å². The van der Waals surface area contributed by atoms with Gasteiger partial charge in [-0.3, -0.25) is 14.2 Å². The molecule has 3 aromatic rings. The van der Waals surface area contributed by atoms with Crippen LogP contribution in [-0.4, -0.2) is 26.9 Å². The zero-order valence-electron chi connectivity index (χ0n) is 17.4. The highest BCUT2D eigenvalue weighted by Crippen LogP contribution is 2.25. The Morgan fingerprint density at radius 1 is 1.23 bits per heavy atom. The van der Waals surface area contributed by atoms with Crippen molar-refractivity contribution >= 4 is 28.4 Å². The zero-order valence-corrected chi connectivity index (χ0v) is 18.1. The average molecular weight is 430 g/mol. The normalized spacial score (nSPS) is 12.2. The third kappa shape index (κ3) is 4.24. The van der Waals surface area contributed by atoms with Gasteiger partial charge in [-0.25, -0.2) is 9.37 Å². The largest absolute Gasteiger partial charge is 0.333 e. The molecule has 0 fully saturated rings. The predicted octanol–water partition coefficient (Wildman–Crippen LogP) is 5.28. The molecule has 1 unspecified atom stereocenters. The molecule has 0 saturated heterocycles. The molecule has 0 spiro atoms. The molecule has 0 aliphatic heterocycles. The van der Waals surface area contributed by atoms with E-state index in [0.717, 1.165) is 12.8 Å². The summed E-state index contributed by atoms with van der Waals surface area (Å²) in [5, 5.41) is 0.354. The molecule has 0 aliphatic rings. The van der Waals surface area contributed by atoms with Gasteiger partial charge in [-0.05, 0) is 50.6 Å².